The Hall–Kier alpha value is -1.75. The summed E-state index contributed by atoms with van der Waals surface area (Å²) in [5.41, 5.74) is 6.79. The molecule has 1 aliphatic rings. The number of hydrogen-bond acceptors (Lipinski definition) is 4. The maximum absolute atomic E-state index is 12.2. The Labute approximate surface area is 113 Å². The van der Waals surface area contributed by atoms with Gasteiger partial charge in [-0.2, -0.15) is 0 Å². The summed E-state index contributed by atoms with van der Waals surface area (Å²) in [5.74, 6) is 0.683. The number of nitrogens with zero attached hydrogens (tertiary/aromatic N) is 1. The van der Waals surface area contributed by atoms with Crippen molar-refractivity contribution in [3.05, 3.63) is 23.8 Å². The molecule has 0 fully saturated rings. The van der Waals surface area contributed by atoms with E-state index in [0.29, 0.717) is 25.4 Å². The molecule has 0 atom stereocenters. The van der Waals surface area contributed by atoms with Crippen molar-refractivity contribution in [2.24, 2.45) is 5.73 Å². The number of amides is 1. The van der Waals surface area contributed by atoms with Crippen molar-refractivity contribution in [1.29, 1.82) is 0 Å². The summed E-state index contributed by atoms with van der Waals surface area (Å²) >= 11 is 0. The van der Waals surface area contributed by atoms with E-state index in [0.717, 1.165) is 11.3 Å². The van der Waals surface area contributed by atoms with E-state index in [1.54, 1.807) is 4.90 Å². The van der Waals surface area contributed by atoms with Crippen LogP contribution in [0.1, 0.15) is 26.3 Å². The fourth-order valence-electron chi connectivity index (χ4n) is 1.98. The molecule has 19 heavy (non-hydrogen) atoms. The summed E-state index contributed by atoms with van der Waals surface area (Å²) in [6, 6.07) is 5.61. The van der Waals surface area contributed by atoms with Gasteiger partial charge in [-0.05, 0) is 26.8 Å². The second-order valence-electron chi connectivity index (χ2n) is 5.45. The van der Waals surface area contributed by atoms with Gasteiger partial charge in [-0.15, -0.1) is 0 Å². The number of fused-ring (bicyclic) bond motifs is 1. The van der Waals surface area contributed by atoms with Gasteiger partial charge in [0.15, 0.2) is 0 Å². The maximum atomic E-state index is 12.2. The van der Waals surface area contributed by atoms with Crippen molar-refractivity contribution in [3.8, 4) is 5.75 Å². The van der Waals surface area contributed by atoms with Crippen LogP contribution < -0.4 is 15.4 Å². The zero-order valence-electron chi connectivity index (χ0n) is 11.6. The number of benzene rings is 1. The normalized spacial score (nSPS) is 14.6. The van der Waals surface area contributed by atoms with Crippen LogP contribution in [0.4, 0.5) is 10.5 Å². The topological polar surface area (TPSA) is 64.8 Å². The van der Waals surface area contributed by atoms with E-state index in [1.807, 2.05) is 39.0 Å². The van der Waals surface area contributed by atoms with Crippen LogP contribution in [-0.2, 0) is 11.3 Å². The molecule has 0 aromatic heterocycles. The molecule has 0 radical (unpaired) electrons. The van der Waals surface area contributed by atoms with Crippen LogP contribution in [0, 0.1) is 0 Å². The van der Waals surface area contributed by atoms with E-state index in [2.05, 4.69) is 0 Å². The number of ether oxygens (including phenoxy) is 2. The summed E-state index contributed by atoms with van der Waals surface area (Å²) in [4.78, 5) is 13.8. The van der Waals surface area contributed by atoms with Gasteiger partial charge in [0.05, 0.1) is 12.2 Å². The minimum absolute atomic E-state index is 0.355. The van der Waals surface area contributed by atoms with Gasteiger partial charge in [-0.3, -0.25) is 4.90 Å². The Kier molecular flexibility index (Phi) is 3.66. The van der Waals surface area contributed by atoms with Gasteiger partial charge in [-0.1, -0.05) is 12.1 Å². The maximum Gasteiger partial charge on any atom is 0.415 e. The lowest BCUT2D eigenvalue weighted by molar-refractivity contribution is 0.0567. The number of hydrogen-bond donors (Lipinski definition) is 1. The Morgan fingerprint density at radius 2 is 2.21 bits per heavy atom. The summed E-state index contributed by atoms with van der Waals surface area (Å²) in [5, 5.41) is 0. The van der Waals surface area contributed by atoms with Crippen molar-refractivity contribution in [1.82, 2.24) is 0 Å². The zero-order chi connectivity index (χ0) is 14.0. The molecule has 5 heteroatoms. The second kappa shape index (κ2) is 5.09. The standard InChI is InChI=1S/C14H20N2O3/c1-14(2,3)19-13(17)16-7-8-18-12-10(9-15)5-4-6-11(12)16/h4-6H,7-9,15H2,1-3H3. The van der Waals surface area contributed by atoms with Crippen LogP contribution in [0.15, 0.2) is 18.2 Å². The number of anilines is 1. The fourth-order valence-corrected chi connectivity index (χ4v) is 1.98. The van der Waals surface area contributed by atoms with Crippen LogP contribution in [0.5, 0.6) is 5.75 Å². The highest BCUT2D eigenvalue weighted by Gasteiger charge is 2.29. The average molecular weight is 264 g/mol. The quantitative estimate of drug-likeness (QED) is 0.845. The first-order chi connectivity index (χ1) is 8.92. The first-order valence-electron chi connectivity index (χ1n) is 6.37. The van der Waals surface area contributed by atoms with Crippen LogP contribution in [0.2, 0.25) is 0 Å². The average Bonchev–Trinajstić information content (AvgIpc) is 2.35. The first-order valence-corrected chi connectivity index (χ1v) is 6.37. The molecule has 0 spiro atoms. The molecule has 1 heterocycles. The number of nitrogens with two attached hydrogens (primary N) is 1. The van der Waals surface area contributed by atoms with Crippen molar-refractivity contribution in [2.75, 3.05) is 18.1 Å². The molecular formula is C14H20N2O3. The molecule has 1 aliphatic heterocycles. The predicted molar refractivity (Wildman–Crippen MR) is 73.4 cm³/mol. The second-order valence-corrected chi connectivity index (χ2v) is 5.45. The first kappa shape index (κ1) is 13.7. The SMILES string of the molecule is CC(C)(C)OC(=O)N1CCOc2c(CN)cccc21. The third kappa shape index (κ3) is 2.98. The molecule has 1 amide bonds. The van der Waals surface area contributed by atoms with E-state index in [4.69, 9.17) is 15.2 Å². The Morgan fingerprint density at radius 3 is 2.84 bits per heavy atom. The highest BCUT2D eigenvalue weighted by Crippen LogP contribution is 2.35. The van der Waals surface area contributed by atoms with E-state index in [1.165, 1.54) is 0 Å². The van der Waals surface area contributed by atoms with E-state index in [-0.39, 0.29) is 6.09 Å². The van der Waals surface area contributed by atoms with Gasteiger partial charge in [0.2, 0.25) is 0 Å². The minimum Gasteiger partial charge on any atom is -0.489 e. The third-order valence-corrected chi connectivity index (χ3v) is 2.76. The highest BCUT2D eigenvalue weighted by atomic mass is 16.6. The van der Waals surface area contributed by atoms with Gasteiger partial charge < -0.3 is 15.2 Å². The molecule has 5 nitrogen and oxygen atoms in total. The van der Waals surface area contributed by atoms with Crippen molar-refractivity contribution >= 4 is 11.8 Å². The molecule has 1 aromatic rings. The largest absolute Gasteiger partial charge is 0.489 e. The van der Waals surface area contributed by atoms with Crippen LogP contribution in [0.25, 0.3) is 0 Å². The van der Waals surface area contributed by atoms with Crippen molar-refractivity contribution in [2.45, 2.75) is 32.9 Å². The zero-order valence-corrected chi connectivity index (χ0v) is 11.6. The smallest absolute Gasteiger partial charge is 0.415 e. The van der Waals surface area contributed by atoms with Crippen molar-refractivity contribution < 1.29 is 14.3 Å². The molecule has 1 aromatic carbocycles. The van der Waals surface area contributed by atoms with Gasteiger partial charge in [0.25, 0.3) is 0 Å². The molecule has 0 bridgehead atoms. The predicted octanol–water partition coefficient (Wildman–Crippen LogP) is 2.28. The highest BCUT2D eigenvalue weighted by molar-refractivity contribution is 5.90. The molecule has 0 aliphatic carbocycles. The fraction of sp³-hybridized carbons (Fsp3) is 0.500. The lowest BCUT2D eigenvalue weighted by atomic mass is 10.1. The molecule has 0 saturated carbocycles. The Balaban J connectivity index is 2.30. The van der Waals surface area contributed by atoms with E-state index in [9.17, 15) is 4.79 Å². The number of rotatable bonds is 1. The van der Waals surface area contributed by atoms with E-state index >= 15 is 0 Å². The lowest BCUT2D eigenvalue weighted by Crippen LogP contribution is -2.41. The molecule has 0 unspecified atom stereocenters. The van der Waals surface area contributed by atoms with Gasteiger partial charge in [0.1, 0.15) is 18.0 Å². The number of carbonyl (C=O) groups excluding carboxylic acids is 1. The molecule has 2 N–H and O–H groups in total. The summed E-state index contributed by atoms with van der Waals surface area (Å²) in [6.45, 7) is 6.86. The van der Waals surface area contributed by atoms with Crippen LogP contribution >= 0.6 is 0 Å². The van der Waals surface area contributed by atoms with Gasteiger partial charge in [-0.25, -0.2) is 4.79 Å². The third-order valence-electron chi connectivity index (χ3n) is 2.76. The number of para-hydroxylation sites is 1. The van der Waals surface area contributed by atoms with E-state index < -0.39 is 5.60 Å². The summed E-state index contributed by atoms with van der Waals surface area (Å²) < 4.78 is 11.0. The Morgan fingerprint density at radius 1 is 1.47 bits per heavy atom. The molecular weight excluding hydrogens is 244 g/mol. The summed E-state index contributed by atoms with van der Waals surface area (Å²) in [6.07, 6.45) is -0.355. The summed E-state index contributed by atoms with van der Waals surface area (Å²) in [7, 11) is 0. The minimum atomic E-state index is -0.513. The van der Waals surface area contributed by atoms with Gasteiger partial charge >= 0.3 is 6.09 Å². The molecule has 0 saturated heterocycles. The molecule has 104 valence electrons. The van der Waals surface area contributed by atoms with Crippen LogP contribution in [0.3, 0.4) is 0 Å². The number of carbonyl (C=O) groups is 1. The van der Waals surface area contributed by atoms with Crippen molar-refractivity contribution in [3.63, 3.8) is 0 Å². The van der Waals surface area contributed by atoms with Crippen LogP contribution in [-0.4, -0.2) is 24.8 Å². The van der Waals surface area contributed by atoms with Gasteiger partial charge in [0, 0.05) is 12.1 Å². The lowest BCUT2D eigenvalue weighted by Gasteiger charge is -2.32. The Bertz CT molecular complexity index is 480. The monoisotopic (exact) mass is 264 g/mol. The molecule has 2 rings (SSSR count).